The van der Waals surface area contributed by atoms with E-state index in [0.29, 0.717) is 0 Å². The Morgan fingerprint density at radius 1 is 1.33 bits per heavy atom. The molecular formula is C15H22N2O. The molecule has 0 aromatic carbocycles. The Morgan fingerprint density at radius 2 is 2.22 bits per heavy atom. The highest BCUT2D eigenvalue weighted by atomic mass is 16.3. The molecule has 2 saturated carbocycles. The smallest absolute Gasteiger partial charge is 0.128 e. The van der Waals surface area contributed by atoms with Crippen molar-refractivity contribution in [3.8, 4) is 0 Å². The molecule has 18 heavy (non-hydrogen) atoms. The van der Waals surface area contributed by atoms with Crippen LogP contribution in [-0.4, -0.2) is 23.7 Å². The van der Waals surface area contributed by atoms with E-state index in [-0.39, 0.29) is 6.61 Å². The van der Waals surface area contributed by atoms with E-state index in [1.54, 1.807) is 6.20 Å². The number of aliphatic hydroxyl groups is 1. The summed E-state index contributed by atoms with van der Waals surface area (Å²) in [5.41, 5.74) is 0.882. The van der Waals surface area contributed by atoms with E-state index >= 15 is 0 Å². The number of pyridine rings is 1. The maximum atomic E-state index is 9.01. The summed E-state index contributed by atoms with van der Waals surface area (Å²) in [5, 5.41) is 9.01. The maximum absolute atomic E-state index is 9.01. The van der Waals surface area contributed by atoms with E-state index in [2.05, 4.69) is 16.9 Å². The third-order valence-electron chi connectivity index (χ3n) is 4.78. The van der Waals surface area contributed by atoms with Gasteiger partial charge in [-0.15, -0.1) is 0 Å². The van der Waals surface area contributed by atoms with Gasteiger partial charge >= 0.3 is 0 Å². The predicted octanol–water partition coefficient (Wildman–Crippen LogP) is 2.45. The maximum Gasteiger partial charge on any atom is 0.128 e. The Labute approximate surface area is 109 Å². The first-order valence-corrected chi connectivity index (χ1v) is 7.03. The van der Waals surface area contributed by atoms with Gasteiger partial charge in [0.15, 0.2) is 0 Å². The van der Waals surface area contributed by atoms with Crippen molar-refractivity contribution < 1.29 is 5.11 Å². The molecule has 3 unspecified atom stereocenters. The Hall–Kier alpha value is -1.09. The van der Waals surface area contributed by atoms with Gasteiger partial charge in [-0.2, -0.15) is 0 Å². The first-order chi connectivity index (χ1) is 8.76. The summed E-state index contributed by atoms with van der Waals surface area (Å²) in [5.74, 6) is 3.87. The summed E-state index contributed by atoms with van der Waals surface area (Å²) in [6.07, 6.45) is 7.57. The van der Waals surface area contributed by atoms with E-state index in [1.165, 1.54) is 25.7 Å². The molecule has 1 aromatic heterocycles. The van der Waals surface area contributed by atoms with Crippen LogP contribution in [0.25, 0.3) is 0 Å². The quantitative estimate of drug-likeness (QED) is 0.886. The highest BCUT2D eigenvalue weighted by Crippen LogP contribution is 2.48. The number of hydrogen-bond acceptors (Lipinski definition) is 3. The number of anilines is 1. The lowest BCUT2D eigenvalue weighted by Crippen LogP contribution is -2.29. The van der Waals surface area contributed by atoms with Gasteiger partial charge in [0.2, 0.25) is 0 Å². The zero-order valence-electron chi connectivity index (χ0n) is 11.0. The van der Waals surface area contributed by atoms with Gasteiger partial charge in [0, 0.05) is 19.8 Å². The van der Waals surface area contributed by atoms with Crippen molar-refractivity contribution in [2.24, 2.45) is 17.8 Å². The SMILES string of the molecule is CN(CC1CC2CCC1C2)c1ccc(CO)cn1. The zero-order chi connectivity index (χ0) is 12.5. The Balaban J connectivity index is 1.62. The molecule has 1 aromatic rings. The second-order valence-electron chi connectivity index (χ2n) is 6.00. The van der Waals surface area contributed by atoms with E-state index in [9.17, 15) is 0 Å². The third-order valence-corrected chi connectivity index (χ3v) is 4.78. The zero-order valence-corrected chi connectivity index (χ0v) is 11.0. The molecule has 2 fully saturated rings. The molecule has 0 amide bonds. The van der Waals surface area contributed by atoms with Crippen molar-refractivity contribution in [1.29, 1.82) is 0 Å². The minimum atomic E-state index is 0.0728. The summed E-state index contributed by atoms with van der Waals surface area (Å²) in [4.78, 5) is 6.69. The standard InChI is InChI=1S/C15H22N2O/c1-17(15-5-3-12(10-18)8-16-15)9-14-7-11-2-4-13(14)6-11/h3,5,8,11,13-14,18H,2,4,6-7,9-10H2,1H3. The van der Waals surface area contributed by atoms with E-state index < -0.39 is 0 Å². The minimum Gasteiger partial charge on any atom is -0.392 e. The molecule has 0 aliphatic heterocycles. The molecule has 0 radical (unpaired) electrons. The summed E-state index contributed by atoms with van der Waals surface area (Å²) >= 11 is 0. The van der Waals surface area contributed by atoms with Gasteiger partial charge in [0.1, 0.15) is 5.82 Å². The van der Waals surface area contributed by atoms with Gasteiger partial charge in [-0.1, -0.05) is 12.5 Å². The fourth-order valence-electron chi connectivity index (χ4n) is 3.78. The average molecular weight is 246 g/mol. The number of nitrogens with zero attached hydrogens (tertiary/aromatic N) is 2. The van der Waals surface area contributed by atoms with Crippen LogP contribution in [0, 0.1) is 17.8 Å². The van der Waals surface area contributed by atoms with Crippen LogP contribution in [0.3, 0.4) is 0 Å². The summed E-state index contributed by atoms with van der Waals surface area (Å²) in [7, 11) is 2.13. The summed E-state index contributed by atoms with van der Waals surface area (Å²) in [6.45, 7) is 1.20. The van der Waals surface area contributed by atoms with Crippen molar-refractivity contribution in [3.05, 3.63) is 23.9 Å². The molecule has 2 aliphatic carbocycles. The van der Waals surface area contributed by atoms with Crippen LogP contribution < -0.4 is 4.90 Å². The number of rotatable bonds is 4. The van der Waals surface area contributed by atoms with Crippen LogP contribution in [0.15, 0.2) is 18.3 Å². The normalized spacial score (nSPS) is 29.8. The third kappa shape index (κ3) is 2.24. The van der Waals surface area contributed by atoms with Crippen molar-refractivity contribution in [2.45, 2.75) is 32.3 Å². The average Bonchev–Trinajstić information content (AvgIpc) is 3.01. The largest absolute Gasteiger partial charge is 0.392 e. The van der Waals surface area contributed by atoms with E-state index in [1.807, 2.05) is 12.1 Å². The topological polar surface area (TPSA) is 36.4 Å². The van der Waals surface area contributed by atoms with Crippen LogP contribution in [-0.2, 0) is 6.61 Å². The number of aliphatic hydroxyl groups excluding tert-OH is 1. The monoisotopic (exact) mass is 246 g/mol. The summed E-state index contributed by atoms with van der Waals surface area (Å²) in [6, 6.07) is 3.97. The lowest BCUT2D eigenvalue weighted by Gasteiger charge is -2.27. The molecule has 3 nitrogen and oxygen atoms in total. The van der Waals surface area contributed by atoms with E-state index in [4.69, 9.17) is 5.11 Å². The Bertz CT molecular complexity index is 403. The second kappa shape index (κ2) is 4.88. The van der Waals surface area contributed by atoms with Crippen LogP contribution in [0.5, 0.6) is 0 Å². The van der Waals surface area contributed by atoms with Gasteiger partial charge in [-0.25, -0.2) is 4.98 Å². The predicted molar refractivity (Wildman–Crippen MR) is 72.4 cm³/mol. The van der Waals surface area contributed by atoms with Crippen LogP contribution in [0.4, 0.5) is 5.82 Å². The van der Waals surface area contributed by atoms with Gasteiger partial charge < -0.3 is 10.0 Å². The first-order valence-electron chi connectivity index (χ1n) is 7.03. The molecule has 3 atom stereocenters. The molecule has 1 heterocycles. The summed E-state index contributed by atoms with van der Waals surface area (Å²) < 4.78 is 0. The minimum absolute atomic E-state index is 0.0728. The molecule has 0 spiro atoms. The van der Waals surface area contributed by atoms with Crippen molar-refractivity contribution in [1.82, 2.24) is 4.98 Å². The van der Waals surface area contributed by atoms with Crippen molar-refractivity contribution in [3.63, 3.8) is 0 Å². The van der Waals surface area contributed by atoms with Crippen molar-refractivity contribution in [2.75, 3.05) is 18.5 Å². The molecule has 3 rings (SSSR count). The number of fused-ring (bicyclic) bond motifs is 2. The number of aromatic nitrogens is 1. The van der Waals surface area contributed by atoms with Crippen molar-refractivity contribution >= 4 is 5.82 Å². The van der Waals surface area contributed by atoms with Gasteiger partial charge in [0.05, 0.1) is 6.61 Å². The Kier molecular flexibility index (Phi) is 3.25. The van der Waals surface area contributed by atoms with Gasteiger partial charge in [0.25, 0.3) is 0 Å². The fourth-order valence-corrected chi connectivity index (χ4v) is 3.78. The lowest BCUT2D eigenvalue weighted by atomic mass is 9.88. The first kappa shape index (κ1) is 12.0. The van der Waals surface area contributed by atoms with Crippen LogP contribution in [0.1, 0.15) is 31.2 Å². The van der Waals surface area contributed by atoms with E-state index in [0.717, 1.165) is 35.7 Å². The fraction of sp³-hybridized carbons (Fsp3) is 0.667. The highest BCUT2D eigenvalue weighted by Gasteiger charge is 2.39. The lowest BCUT2D eigenvalue weighted by molar-refractivity contribution is 0.281. The second-order valence-corrected chi connectivity index (χ2v) is 6.00. The molecule has 2 aliphatic rings. The number of hydrogen-bond donors (Lipinski definition) is 1. The molecule has 98 valence electrons. The van der Waals surface area contributed by atoms with Gasteiger partial charge in [-0.05, 0) is 48.6 Å². The molecule has 3 heteroatoms. The van der Waals surface area contributed by atoms with Crippen LogP contribution >= 0.6 is 0 Å². The van der Waals surface area contributed by atoms with Gasteiger partial charge in [-0.3, -0.25) is 0 Å². The molecule has 2 bridgehead atoms. The molecular weight excluding hydrogens is 224 g/mol. The molecule has 1 N–H and O–H groups in total. The highest BCUT2D eigenvalue weighted by molar-refractivity contribution is 5.38. The molecule has 0 saturated heterocycles. The van der Waals surface area contributed by atoms with Crippen LogP contribution in [0.2, 0.25) is 0 Å². The Morgan fingerprint density at radius 3 is 2.78 bits per heavy atom.